The number of hydrogen-bond acceptors (Lipinski definition) is 3. The molecule has 4 nitrogen and oxygen atoms in total. The number of hydrogen-bond donors (Lipinski definition) is 1. The van der Waals surface area contributed by atoms with Crippen molar-refractivity contribution in [3.63, 3.8) is 0 Å². The van der Waals surface area contributed by atoms with Crippen molar-refractivity contribution in [2.75, 3.05) is 20.2 Å². The predicted octanol–water partition coefficient (Wildman–Crippen LogP) is 0.908. The molecule has 0 spiro atoms. The summed E-state index contributed by atoms with van der Waals surface area (Å²) in [6.07, 6.45) is 6.90. The minimum absolute atomic E-state index is 0.0237. The molecule has 0 aromatic carbocycles. The SMILES string of the molecule is COC1(CN2CCC(NC3CC3)C2=O)CCC1. The lowest BCUT2D eigenvalue weighted by molar-refractivity contribution is -0.138. The zero-order valence-corrected chi connectivity index (χ0v) is 10.6. The van der Waals surface area contributed by atoms with Crippen LogP contribution in [0.5, 0.6) is 0 Å². The first-order chi connectivity index (χ1) is 8.22. The highest BCUT2D eigenvalue weighted by atomic mass is 16.5. The summed E-state index contributed by atoms with van der Waals surface area (Å²) < 4.78 is 5.60. The van der Waals surface area contributed by atoms with E-state index in [1.54, 1.807) is 7.11 Å². The second-order valence-electron chi connectivity index (χ2n) is 5.78. The number of amides is 1. The summed E-state index contributed by atoms with van der Waals surface area (Å²) in [5, 5.41) is 3.44. The van der Waals surface area contributed by atoms with E-state index in [0.29, 0.717) is 11.9 Å². The van der Waals surface area contributed by atoms with Crippen LogP contribution in [0.25, 0.3) is 0 Å². The Morgan fingerprint density at radius 3 is 2.71 bits per heavy atom. The van der Waals surface area contributed by atoms with Gasteiger partial charge >= 0.3 is 0 Å². The number of ether oxygens (including phenoxy) is 1. The Hall–Kier alpha value is -0.610. The molecule has 0 aromatic rings. The van der Waals surface area contributed by atoms with Crippen LogP contribution in [0.2, 0.25) is 0 Å². The molecule has 96 valence electrons. The number of carbonyl (C=O) groups is 1. The largest absolute Gasteiger partial charge is 0.376 e. The molecule has 1 saturated heterocycles. The second-order valence-corrected chi connectivity index (χ2v) is 5.78. The average molecular weight is 238 g/mol. The van der Waals surface area contributed by atoms with Crippen molar-refractivity contribution in [2.45, 2.75) is 56.2 Å². The third-order valence-corrected chi connectivity index (χ3v) is 4.49. The van der Waals surface area contributed by atoms with Crippen molar-refractivity contribution in [3.8, 4) is 0 Å². The van der Waals surface area contributed by atoms with Crippen molar-refractivity contribution in [3.05, 3.63) is 0 Å². The molecule has 1 aliphatic heterocycles. The summed E-state index contributed by atoms with van der Waals surface area (Å²) in [6.45, 7) is 1.69. The van der Waals surface area contributed by atoms with Crippen molar-refractivity contribution in [1.29, 1.82) is 0 Å². The summed E-state index contributed by atoms with van der Waals surface area (Å²) in [5.74, 6) is 0.292. The van der Waals surface area contributed by atoms with E-state index in [0.717, 1.165) is 32.4 Å². The van der Waals surface area contributed by atoms with Gasteiger partial charge in [-0.3, -0.25) is 4.79 Å². The minimum Gasteiger partial charge on any atom is -0.376 e. The molecule has 1 heterocycles. The summed E-state index contributed by atoms with van der Waals surface area (Å²) >= 11 is 0. The van der Waals surface area contributed by atoms with E-state index in [1.807, 2.05) is 4.90 Å². The Morgan fingerprint density at radius 1 is 1.41 bits per heavy atom. The molecule has 1 N–H and O–H groups in total. The molecule has 4 heteroatoms. The highest BCUT2D eigenvalue weighted by molar-refractivity contribution is 5.84. The molecular formula is C13H22N2O2. The van der Waals surface area contributed by atoms with Gasteiger partial charge in [-0.05, 0) is 38.5 Å². The van der Waals surface area contributed by atoms with Crippen LogP contribution in [0.1, 0.15) is 38.5 Å². The first-order valence-corrected chi connectivity index (χ1v) is 6.82. The number of likely N-dealkylation sites (tertiary alicyclic amines) is 1. The monoisotopic (exact) mass is 238 g/mol. The van der Waals surface area contributed by atoms with E-state index in [1.165, 1.54) is 19.3 Å². The van der Waals surface area contributed by atoms with Gasteiger partial charge in [-0.2, -0.15) is 0 Å². The van der Waals surface area contributed by atoms with Crippen LogP contribution in [0.3, 0.4) is 0 Å². The summed E-state index contributed by atoms with van der Waals surface area (Å²) in [6, 6.07) is 0.695. The van der Waals surface area contributed by atoms with E-state index in [-0.39, 0.29) is 11.6 Å². The molecule has 1 amide bonds. The smallest absolute Gasteiger partial charge is 0.239 e. The molecule has 3 rings (SSSR count). The van der Waals surface area contributed by atoms with Crippen molar-refractivity contribution >= 4 is 5.91 Å². The highest BCUT2D eigenvalue weighted by Crippen LogP contribution is 2.36. The van der Waals surface area contributed by atoms with Gasteiger partial charge in [0.25, 0.3) is 0 Å². The molecule has 3 fully saturated rings. The maximum atomic E-state index is 12.2. The molecule has 2 saturated carbocycles. The topological polar surface area (TPSA) is 41.6 Å². The Kier molecular flexibility index (Phi) is 2.87. The van der Waals surface area contributed by atoms with Gasteiger partial charge in [0.15, 0.2) is 0 Å². The first kappa shape index (κ1) is 11.5. The Labute approximate surface area is 103 Å². The fourth-order valence-electron chi connectivity index (χ4n) is 2.93. The van der Waals surface area contributed by atoms with Crippen LogP contribution in [-0.4, -0.2) is 48.7 Å². The second kappa shape index (κ2) is 4.25. The Balaban J connectivity index is 1.55. The molecule has 2 aliphatic carbocycles. The molecule has 0 radical (unpaired) electrons. The average Bonchev–Trinajstić information content (AvgIpc) is 3.02. The lowest BCUT2D eigenvalue weighted by Crippen LogP contribution is -2.51. The number of rotatable bonds is 5. The number of carbonyl (C=O) groups excluding carboxylic acids is 1. The minimum atomic E-state index is -0.0237. The predicted molar refractivity (Wildman–Crippen MR) is 64.7 cm³/mol. The van der Waals surface area contributed by atoms with Gasteiger partial charge < -0.3 is 15.0 Å². The Morgan fingerprint density at radius 2 is 2.18 bits per heavy atom. The van der Waals surface area contributed by atoms with E-state index in [2.05, 4.69) is 5.32 Å². The summed E-state index contributed by atoms with van der Waals surface area (Å²) in [7, 11) is 1.78. The third-order valence-electron chi connectivity index (χ3n) is 4.49. The van der Waals surface area contributed by atoms with E-state index < -0.39 is 0 Å². The number of nitrogens with one attached hydrogen (secondary N) is 1. The molecule has 17 heavy (non-hydrogen) atoms. The van der Waals surface area contributed by atoms with Gasteiger partial charge in [0, 0.05) is 26.2 Å². The van der Waals surface area contributed by atoms with Gasteiger partial charge in [-0.1, -0.05) is 0 Å². The van der Waals surface area contributed by atoms with Gasteiger partial charge in [0.1, 0.15) is 0 Å². The quantitative estimate of drug-likeness (QED) is 0.774. The molecule has 0 bridgehead atoms. The lowest BCUT2D eigenvalue weighted by atomic mass is 9.79. The van der Waals surface area contributed by atoms with Gasteiger partial charge in [0.2, 0.25) is 5.91 Å². The van der Waals surface area contributed by atoms with Crippen LogP contribution in [0, 0.1) is 0 Å². The van der Waals surface area contributed by atoms with Crippen LogP contribution < -0.4 is 5.32 Å². The normalized spacial score (nSPS) is 31.7. The third kappa shape index (κ3) is 2.20. The fraction of sp³-hybridized carbons (Fsp3) is 0.923. The molecule has 1 unspecified atom stereocenters. The van der Waals surface area contributed by atoms with Crippen molar-refractivity contribution < 1.29 is 9.53 Å². The summed E-state index contributed by atoms with van der Waals surface area (Å²) in [5.41, 5.74) is -0.0237. The van der Waals surface area contributed by atoms with Gasteiger partial charge in [0.05, 0.1) is 11.6 Å². The number of nitrogens with zero attached hydrogens (tertiary/aromatic N) is 1. The van der Waals surface area contributed by atoms with E-state index in [9.17, 15) is 4.79 Å². The van der Waals surface area contributed by atoms with Crippen LogP contribution in [-0.2, 0) is 9.53 Å². The van der Waals surface area contributed by atoms with Gasteiger partial charge in [-0.25, -0.2) is 0 Å². The van der Waals surface area contributed by atoms with Crippen LogP contribution in [0.15, 0.2) is 0 Å². The van der Waals surface area contributed by atoms with Crippen LogP contribution >= 0.6 is 0 Å². The molecular weight excluding hydrogens is 216 g/mol. The fourth-order valence-corrected chi connectivity index (χ4v) is 2.93. The summed E-state index contributed by atoms with van der Waals surface area (Å²) in [4.78, 5) is 14.2. The number of methoxy groups -OCH3 is 1. The zero-order chi connectivity index (χ0) is 11.9. The maximum absolute atomic E-state index is 12.2. The van der Waals surface area contributed by atoms with E-state index in [4.69, 9.17) is 4.74 Å². The zero-order valence-electron chi connectivity index (χ0n) is 10.6. The lowest BCUT2D eigenvalue weighted by Gasteiger charge is -2.43. The standard InChI is InChI=1S/C13H22N2O2/c1-17-13(6-2-7-13)9-15-8-5-11(12(15)16)14-10-3-4-10/h10-11,14H,2-9H2,1H3. The highest BCUT2D eigenvalue weighted by Gasteiger charge is 2.43. The first-order valence-electron chi connectivity index (χ1n) is 6.82. The van der Waals surface area contributed by atoms with E-state index >= 15 is 0 Å². The van der Waals surface area contributed by atoms with Gasteiger partial charge in [-0.15, -0.1) is 0 Å². The van der Waals surface area contributed by atoms with Crippen LogP contribution in [0.4, 0.5) is 0 Å². The maximum Gasteiger partial charge on any atom is 0.239 e. The van der Waals surface area contributed by atoms with Crippen molar-refractivity contribution in [2.24, 2.45) is 0 Å². The molecule has 1 atom stereocenters. The molecule has 3 aliphatic rings. The molecule has 0 aromatic heterocycles. The Bertz CT molecular complexity index is 305. The van der Waals surface area contributed by atoms with Crippen molar-refractivity contribution in [1.82, 2.24) is 10.2 Å².